The Labute approximate surface area is 135 Å². The molecule has 3 nitrogen and oxygen atoms in total. The van der Waals surface area contributed by atoms with Crippen LogP contribution in [-0.4, -0.2) is 8.42 Å². The zero-order valence-electron chi connectivity index (χ0n) is 11.9. The highest BCUT2D eigenvalue weighted by Gasteiger charge is 2.30. The van der Waals surface area contributed by atoms with Crippen molar-refractivity contribution in [1.82, 2.24) is 0 Å². The Hall–Kier alpha value is -2.66. The lowest BCUT2D eigenvalue weighted by Crippen LogP contribution is -2.05. The van der Waals surface area contributed by atoms with Gasteiger partial charge in [-0.1, -0.05) is 12.1 Å². The van der Waals surface area contributed by atoms with Gasteiger partial charge in [-0.05, 0) is 48.0 Å². The predicted octanol–water partition coefficient (Wildman–Crippen LogP) is 4.18. The monoisotopic (exact) mass is 355 g/mol. The molecule has 0 unspecified atom stereocenters. The minimum Gasteiger partial charge on any atom is -0.218 e. The van der Waals surface area contributed by atoms with Gasteiger partial charge < -0.3 is 0 Å². The van der Waals surface area contributed by atoms with Crippen LogP contribution in [0.5, 0.6) is 0 Å². The van der Waals surface area contributed by atoms with Crippen LogP contribution >= 0.6 is 0 Å². The number of hydrogen-bond acceptors (Lipinski definition) is 3. The van der Waals surface area contributed by atoms with Crippen LogP contribution in [0.4, 0.5) is 17.6 Å². The number of rotatable bonds is 3. The van der Waals surface area contributed by atoms with Gasteiger partial charge in [-0.25, -0.2) is 12.8 Å². The number of alkyl halides is 3. The first-order valence-electron chi connectivity index (χ1n) is 6.44. The number of benzene rings is 2. The molecule has 24 heavy (non-hydrogen) atoms. The van der Waals surface area contributed by atoms with Gasteiger partial charge in [-0.3, -0.25) is 0 Å². The van der Waals surface area contributed by atoms with Crippen LogP contribution in [0, 0.1) is 17.1 Å². The van der Waals surface area contributed by atoms with Gasteiger partial charge in [0.05, 0.1) is 10.5 Å². The summed E-state index contributed by atoms with van der Waals surface area (Å²) in [6.07, 6.45) is -3.75. The summed E-state index contributed by atoms with van der Waals surface area (Å²) in [6, 6.07) is 9.14. The second-order valence-electron chi connectivity index (χ2n) is 4.70. The molecule has 0 heterocycles. The van der Waals surface area contributed by atoms with E-state index in [1.807, 2.05) is 0 Å². The minimum absolute atomic E-state index is 0.0907. The molecule has 2 rings (SSSR count). The Bertz CT molecular complexity index is 924. The van der Waals surface area contributed by atoms with E-state index in [0.29, 0.717) is 0 Å². The Balaban J connectivity index is 2.50. The van der Waals surface area contributed by atoms with Gasteiger partial charge in [0.1, 0.15) is 16.8 Å². The third-order valence-electron chi connectivity index (χ3n) is 3.04. The number of halogens is 4. The SMILES string of the molecule is N#CC(=Cc1cccc(C(F)(F)F)c1)S(=O)(=O)c1ccc(F)cc1. The summed E-state index contributed by atoms with van der Waals surface area (Å²) >= 11 is 0. The first kappa shape index (κ1) is 17.7. The molecule has 0 fully saturated rings. The van der Waals surface area contributed by atoms with E-state index in [2.05, 4.69) is 0 Å². The van der Waals surface area contributed by atoms with Crippen LogP contribution in [0.2, 0.25) is 0 Å². The van der Waals surface area contributed by atoms with Gasteiger partial charge in [0.2, 0.25) is 9.84 Å². The van der Waals surface area contributed by atoms with E-state index < -0.39 is 32.3 Å². The fraction of sp³-hybridized carbons (Fsp3) is 0.0625. The molecule has 0 aliphatic carbocycles. The van der Waals surface area contributed by atoms with Crippen molar-refractivity contribution in [1.29, 1.82) is 5.26 Å². The highest BCUT2D eigenvalue weighted by Crippen LogP contribution is 2.30. The molecule has 2 aromatic carbocycles. The molecule has 0 saturated carbocycles. The smallest absolute Gasteiger partial charge is 0.218 e. The number of allylic oxidation sites excluding steroid dienone is 1. The average Bonchev–Trinajstić information content (AvgIpc) is 2.52. The minimum atomic E-state index is -4.59. The van der Waals surface area contributed by atoms with Crippen LogP contribution in [0.1, 0.15) is 11.1 Å². The molecule has 0 aliphatic rings. The Kier molecular flexibility index (Phi) is 4.76. The fourth-order valence-electron chi connectivity index (χ4n) is 1.87. The van der Waals surface area contributed by atoms with Gasteiger partial charge in [-0.15, -0.1) is 0 Å². The van der Waals surface area contributed by atoms with Crippen LogP contribution in [0.3, 0.4) is 0 Å². The van der Waals surface area contributed by atoms with E-state index in [1.54, 1.807) is 0 Å². The second kappa shape index (κ2) is 6.45. The first-order chi connectivity index (χ1) is 11.1. The topological polar surface area (TPSA) is 57.9 Å². The normalized spacial score (nSPS) is 12.7. The molecule has 0 aliphatic heterocycles. The predicted molar refractivity (Wildman–Crippen MR) is 78.6 cm³/mol. The molecule has 0 atom stereocenters. The lowest BCUT2D eigenvalue weighted by Gasteiger charge is -2.07. The van der Waals surface area contributed by atoms with Gasteiger partial charge in [0.25, 0.3) is 0 Å². The summed E-state index contributed by atoms with van der Waals surface area (Å²) in [6.45, 7) is 0. The molecular formula is C16H9F4NO2S. The maximum atomic E-state index is 12.9. The first-order valence-corrected chi connectivity index (χ1v) is 7.92. The number of hydrogen-bond donors (Lipinski definition) is 0. The van der Waals surface area contributed by atoms with Crippen LogP contribution < -0.4 is 0 Å². The Morgan fingerprint density at radius 1 is 1.08 bits per heavy atom. The highest BCUT2D eigenvalue weighted by atomic mass is 32.2. The number of nitrogens with zero attached hydrogens (tertiary/aromatic N) is 1. The van der Waals surface area contributed by atoms with Crippen LogP contribution in [0.15, 0.2) is 58.3 Å². The van der Waals surface area contributed by atoms with E-state index in [0.717, 1.165) is 48.5 Å². The van der Waals surface area contributed by atoms with Crippen molar-refractivity contribution in [3.8, 4) is 6.07 Å². The van der Waals surface area contributed by atoms with Crippen molar-refractivity contribution in [3.63, 3.8) is 0 Å². The molecule has 124 valence electrons. The molecule has 2 aromatic rings. The van der Waals surface area contributed by atoms with Gasteiger partial charge in [0, 0.05) is 0 Å². The van der Waals surface area contributed by atoms with Crippen molar-refractivity contribution in [2.75, 3.05) is 0 Å². The Morgan fingerprint density at radius 3 is 2.25 bits per heavy atom. The quantitative estimate of drug-likeness (QED) is 0.471. The van der Waals surface area contributed by atoms with Crippen molar-refractivity contribution in [3.05, 3.63) is 70.4 Å². The summed E-state index contributed by atoms with van der Waals surface area (Å²) in [5, 5.41) is 9.07. The van der Waals surface area contributed by atoms with Crippen LogP contribution in [-0.2, 0) is 16.0 Å². The summed E-state index contributed by atoms with van der Waals surface area (Å²) in [7, 11) is -4.26. The van der Waals surface area contributed by atoms with Crippen molar-refractivity contribution < 1.29 is 26.0 Å². The summed E-state index contributed by atoms with van der Waals surface area (Å²) < 4.78 is 75.6. The molecule has 0 bridgehead atoms. The largest absolute Gasteiger partial charge is 0.416 e. The third kappa shape index (κ3) is 3.81. The molecule has 0 saturated heterocycles. The standard InChI is InChI=1S/C16H9F4NO2S/c17-13-4-6-14(7-5-13)24(22,23)15(10-21)9-11-2-1-3-12(8-11)16(18,19)20/h1-9H. The van der Waals surface area contributed by atoms with E-state index in [4.69, 9.17) is 5.26 Å². The lowest BCUT2D eigenvalue weighted by atomic mass is 10.1. The van der Waals surface area contributed by atoms with Crippen LogP contribution in [0.25, 0.3) is 6.08 Å². The van der Waals surface area contributed by atoms with Gasteiger partial charge >= 0.3 is 6.18 Å². The molecule has 0 aromatic heterocycles. The van der Waals surface area contributed by atoms with Gasteiger partial charge in [0.15, 0.2) is 0 Å². The zero-order chi connectivity index (χ0) is 18.0. The highest BCUT2D eigenvalue weighted by molar-refractivity contribution is 7.95. The maximum absolute atomic E-state index is 12.9. The van der Waals surface area contributed by atoms with Crippen molar-refractivity contribution in [2.45, 2.75) is 11.1 Å². The molecule has 8 heteroatoms. The molecule has 0 N–H and O–H groups in total. The summed E-state index contributed by atoms with van der Waals surface area (Å²) in [5.41, 5.74) is -1.06. The van der Waals surface area contributed by atoms with E-state index in [9.17, 15) is 26.0 Å². The van der Waals surface area contributed by atoms with Crippen molar-refractivity contribution in [2.24, 2.45) is 0 Å². The fourth-order valence-corrected chi connectivity index (χ4v) is 3.03. The Morgan fingerprint density at radius 2 is 1.71 bits per heavy atom. The molecule has 0 amide bonds. The third-order valence-corrected chi connectivity index (χ3v) is 4.72. The number of nitriles is 1. The maximum Gasteiger partial charge on any atom is 0.416 e. The summed E-state index contributed by atoms with van der Waals surface area (Å²) in [5.74, 6) is -0.658. The van der Waals surface area contributed by atoms with E-state index in [1.165, 1.54) is 12.1 Å². The van der Waals surface area contributed by atoms with E-state index in [-0.39, 0.29) is 10.5 Å². The van der Waals surface area contributed by atoms with Gasteiger partial charge in [-0.2, -0.15) is 18.4 Å². The second-order valence-corrected chi connectivity index (χ2v) is 6.62. The molecule has 0 radical (unpaired) electrons. The van der Waals surface area contributed by atoms with E-state index >= 15 is 0 Å². The zero-order valence-corrected chi connectivity index (χ0v) is 12.7. The molecular weight excluding hydrogens is 346 g/mol. The number of sulfone groups is 1. The summed E-state index contributed by atoms with van der Waals surface area (Å²) in [4.78, 5) is -1.07. The van der Waals surface area contributed by atoms with Crippen molar-refractivity contribution >= 4 is 15.9 Å². The molecule has 0 spiro atoms. The average molecular weight is 355 g/mol. The lowest BCUT2D eigenvalue weighted by molar-refractivity contribution is -0.137.